The molecule has 4 heteroatoms. The van der Waals surface area contributed by atoms with E-state index < -0.39 is 0 Å². The monoisotopic (exact) mass is 222 g/mol. The van der Waals surface area contributed by atoms with Crippen molar-refractivity contribution >= 4 is 10.9 Å². The summed E-state index contributed by atoms with van der Waals surface area (Å²) >= 11 is 0. The molecule has 1 heterocycles. The molecule has 0 bridgehead atoms. The Morgan fingerprint density at radius 3 is 2.88 bits per heavy atom. The van der Waals surface area contributed by atoms with Gasteiger partial charge in [0.05, 0.1) is 7.11 Å². The number of methoxy groups -OCH3 is 1. The van der Waals surface area contributed by atoms with Crippen molar-refractivity contribution in [3.05, 3.63) is 29.7 Å². The molecule has 3 nitrogen and oxygen atoms in total. The summed E-state index contributed by atoms with van der Waals surface area (Å²) in [5.74, 6) is 0.114. The molecule has 1 atom stereocenters. The van der Waals surface area contributed by atoms with Crippen LogP contribution in [-0.4, -0.2) is 18.6 Å². The Morgan fingerprint density at radius 1 is 1.50 bits per heavy atom. The zero-order valence-electron chi connectivity index (χ0n) is 9.38. The maximum absolute atomic E-state index is 13.6. The molecule has 0 spiro atoms. The first-order valence-electron chi connectivity index (χ1n) is 5.22. The molecule has 16 heavy (non-hydrogen) atoms. The summed E-state index contributed by atoms with van der Waals surface area (Å²) in [5.41, 5.74) is 7.53. The molecule has 0 radical (unpaired) electrons. The Morgan fingerprint density at radius 2 is 2.25 bits per heavy atom. The average molecular weight is 222 g/mol. The Bertz CT molecular complexity index is 507. The SMILES string of the molecule is COc1cc2[nH]cc(C(C)CN)c2cc1F. The molecule has 86 valence electrons. The number of hydrogen-bond acceptors (Lipinski definition) is 2. The lowest BCUT2D eigenvalue weighted by molar-refractivity contribution is 0.387. The Kier molecular flexibility index (Phi) is 2.83. The van der Waals surface area contributed by atoms with Gasteiger partial charge in [-0.15, -0.1) is 0 Å². The topological polar surface area (TPSA) is 51.0 Å². The third kappa shape index (κ3) is 1.65. The van der Waals surface area contributed by atoms with Crippen LogP contribution in [0.1, 0.15) is 18.4 Å². The van der Waals surface area contributed by atoms with E-state index in [0.717, 1.165) is 16.5 Å². The smallest absolute Gasteiger partial charge is 0.165 e. The third-order valence-corrected chi connectivity index (χ3v) is 2.87. The molecule has 0 aliphatic heterocycles. The zero-order chi connectivity index (χ0) is 11.7. The van der Waals surface area contributed by atoms with Crippen molar-refractivity contribution in [1.82, 2.24) is 4.98 Å². The van der Waals surface area contributed by atoms with E-state index in [1.165, 1.54) is 13.2 Å². The van der Waals surface area contributed by atoms with E-state index in [0.29, 0.717) is 6.54 Å². The number of aromatic amines is 1. The first-order valence-corrected chi connectivity index (χ1v) is 5.22. The molecule has 1 unspecified atom stereocenters. The molecule has 0 aliphatic rings. The lowest BCUT2D eigenvalue weighted by Crippen LogP contribution is -2.08. The molecule has 0 amide bonds. The van der Waals surface area contributed by atoms with Crippen molar-refractivity contribution in [2.75, 3.05) is 13.7 Å². The number of halogens is 1. The van der Waals surface area contributed by atoms with Crippen LogP contribution in [0.3, 0.4) is 0 Å². The molecule has 1 aromatic heterocycles. The van der Waals surface area contributed by atoms with E-state index in [1.807, 2.05) is 13.1 Å². The lowest BCUT2D eigenvalue weighted by Gasteiger charge is -2.07. The van der Waals surface area contributed by atoms with E-state index in [2.05, 4.69) is 4.98 Å². The molecule has 2 aromatic rings. The van der Waals surface area contributed by atoms with Gasteiger partial charge in [-0.05, 0) is 24.1 Å². The Hall–Kier alpha value is -1.55. The highest BCUT2D eigenvalue weighted by molar-refractivity contribution is 5.85. The van der Waals surface area contributed by atoms with Gasteiger partial charge < -0.3 is 15.5 Å². The van der Waals surface area contributed by atoms with E-state index in [9.17, 15) is 4.39 Å². The van der Waals surface area contributed by atoms with Gasteiger partial charge in [-0.2, -0.15) is 0 Å². The molecule has 2 rings (SSSR count). The standard InChI is InChI=1S/C12H15FN2O/c1-7(5-14)9-6-15-11-4-12(16-2)10(13)3-8(9)11/h3-4,6-7,15H,5,14H2,1-2H3. The predicted octanol–water partition coefficient (Wildman–Crippen LogP) is 2.38. The zero-order valence-corrected chi connectivity index (χ0v) is 9.38. The van der Waals surface area contributed by atoms with Crippen molar-refractivity contribution in [2.24, 2.45) is 5.73 Å². The van der Waals surface area contributed by atoms with Crippen LogP contribution in [-0.2, 0) is 0 Å². The number of fused-ring (bicyclic) bond motifs is 1. The quantitative estimate of drug-likeness (QED) is 0.837. The summed E-state index contributed by atoms with van der Waals surface area (Å²) in [6, 6.07) is 3.16. The normalized spacial score (nSPS) is 13.0. The first-order chi connectivity index (χ1) is 7.67. The summed E-state index contributed by atoms with van der Waals surface area (Å²) in [6.07, 6.45) is 1.88. The van der Waals surface area contributed by atoms with Crippen LogP contribution in [0.2, 0.25) is 0 Å². The second-order valence-corrected chi connectivity index (χ2v) is 3.91. The highest BCUT2D eigenvalue weighted by Gasteiger charge is 2.13. The highest BCUT2D eigenvalue weighted by atomic mass is 19.1. The highest BCUT2D eigenvalue weighted by Crippen LogP contribution is 2.29. The molecule has 1 aromatic carbocycles. The molecule has 3 N–H and O–H groups in total. The molecule has 0 saturated heterocycles. The van der Waals surface area contributed by atoms with E-state index in [-0.39, 0.29) is 17.5 Å². The summed E-state index contributed by atoms with van der Waals surface area (Å²) < 4.78 is 18.5. The van der Waals surface area contributed by atoms with E-state index >= 15 is 0 Å². The van der Waals surface area contributed by atoms with Gasteiger partial charge in [0.2, 0.25) is 0 Å². The van der Waals surface area contributed by atoms with Gasteiger partial charge in [0.25, 0.3) is 0 Å². The van der Waals surface area contributed by atoms with Crippen molar-refractivity contribution in [3.63, 3.8) is 0 Å². The largest absolute Gasteiger partial charge is 0.494 e. The van der Waals surface area contributed by atoms with E-state index in [4.69, 9.17) is 10.5 Å². The first kappa shape index (κ1) is 11.0. The molecular formula is C12H15FN2O. The maximum Gasteiger partial charge on any atom is 0.165 e. The van der Waals surface area contributed by atoms with Crippen molar-refractivity contribution in [1.29, 1.82) is 0 Å². The summed E-state index contributed by atoms with van der Waals surface area (Å²) in [7, 11) is 1.45. The van der Waals surface area contributed by atoms with Crippen LogP contribution in [0, 0.1) is 5.82 Å². The summed E-state index contributed by atoms with van der Waals surface area (Å²) in [6.45, 7) is 2.56. The number of H-pyrrole nitrogens is 1. The number of rotatable bonds is 3. The van der Waals surface area contributed by atoms with Crippen LogP contribution in [0.5, 0.6) is 5.75 Å². The second-order valence-electron chi connectivity index (χ2n) is 3.91. The fourth-order valence-corrected chi connectivity index (χ4v) is 1.84. The van der Waals surface area contributed by atoms with Gasteiger partial charge in [-0.1, -0.05) is 6.92 Å². The summed E-state index contributed by atoms with van der Waals surface area (Å²) in [5, 5.41) is 0.872. The van der Waals surface area contributed by atoms with Crippen molar-refractivity contribution < 1.29 is 9.13 Å². The fraction of sp³-hybridized carbons (Fsp3) is 0.333. The number of nitrogens with two attached hydrogens (primary N) is 1. The second kappa shape index (κ2) is 4.14. The number of aromatic nitrogens is 1. The molecule has 0 fully saturated rings. The van der Waals surface area contributed by atoms with Crippen molar-refractivity contribution in [3.8, 4) is 5.75 Å². The van der Waals surface area contributed by atoms with Crippen LogP contribution < -0.4 is 10.5 Å². The molecule has 0 saturated carbocycles. The third-order valence-electron chi connectivity index (χ3n) is 2.87. The Labute approximate surface area is 93.4 Å². The Balaban J connectivity index is 2.60. The van der Waals surface area contributed by atoms with Gasteiger partial charge in [0.15, 0.2) is 11.6 Å². The van der Waals surface area contributed by atoms with Gasteiger partial charge >= 0.3 is 0 Å². The van der Waals surface area contributed by atoms with Crippen LogP contribution >= 0.6 is 0 Å². The van der Waals surface area contributed by atoms with Crippen LogP contribution in [0.15, 0.2) is 18.3 Å². The van der Waals surface area contributed by atoms with Gasteiger partial charge in [-0.3, -0.25) is 0 Å². The predicted molar refractivity (Wildman–Crippen MR) is 62.3 cm³/mol. The number of benzene rings is 1. The minimum absolute atomic E-state index is 0.210. The fourth-order valence-electron chi connectivity index (χ4n) is 1.84. The minimum Gasteiger partial charge on any atom is -0.494 e. The molecular weight excluding hydrogens is 207 g/mol. The van der Waals surface area contributed by atoms with Crippen molar-refractivity contribution in [2.45, 2.75) is 12.8 Å². The average Bonchev–Trinajstić information content (AvgIpc) is 2.69. The lowest BCUT2D eigenvalue weighted by atomic mass is 10.0. The number of hydrogen-bond donors (Lipinski definition) is 2. The minimum atomic E-state index is -0.347. The summed E-state index contributed by atoms with van der Waals surface area (Å²) in [4.78, 5) is 3.10. The van der Waals surface area contributed by atoms with Crippen LogP contribution in [0.4, 0.5) is 4.39 Å². The molecule has 0 aliphatic carbocycles. The van der Waals surface area contributed by atoms with Gasteiger partial charge in [0, 0.05) is 23.2 Å². The number of ether oxygens (including phenoxy) is 1. The maximum atomic E-state index is 13.6. The van der Waals surface area contributed by atoms with Gasteiger partial charge in [0.1, 0.15) is 0 Å². The van der Waals surface area contributed by atoms with Crippen LogP contribution in [0.25, 0.3) is 10.9 Å². The van der Waals surface area contributed by atoms with Gasteiger partial charge in [-0.25, -0.2) is 4.39 Å². The number of nitrogens with one attached hydrogen (secondary N) is 1. The van der Waals surface area contributed by atoms with E-state index in [1.54, 1.807) is 6.07 Å².